The van der Waals surface area contributed by atoms with Gasteiger partial charge in [0.05, 0.1) is 16.5 Å². The van der Waals surface area contributed by atoms with E-state index < -0.39 is 0 Å². The Hall–Kier alpha value is -0.470. The summed E-state index contributed by atoms with van der Waals surface area (Å²) < 4.78 is 4.89. The minimum absolute atomic E-state index is 0.167. The van der Waals surface area contributed by atoms with E-state index in [1.165, 1.54) is 35.1 Å². The fraction of sp³-hybridized carbons (Fsp3) is 0.182. The van der Waals surface area contributed by atoms with Crippen molar-refractivity contribution in [3.63, 3.8) is 0 Å². The zero-order valence-corrected chi connectivity index (χ0v) is 14.2. The lowest BCUT2D eigenvalue weighted by Gasteiger charge is -2.06. The molecule has 0 aliphatic heterocycles. The van der Waals surface area contributed by atoms with Crippen molar-refractivity contribution in [2.75, 3.05) is 17.3 Å². The molecule has 1 heterocycles. The maximum atomic E-state index is 11.8. The molecule has 2 aromatic rings. The second kappa shape index (κ2) is 7.51. The molecule has 0 fully saturated rings. The Morgan fingerprint density at radius 2 is 2.25 bits per heavy atom. The standard InChI is InChI=1S/C11H9Cl2N3OS3/c1-18-10-15-11(20-16-10)19-5-9(17)14-8-4-6(12)2-3-7(8)13/h2-4H,5H2,1H3,(H,14,17). The first-order valence-electron chi connectivity index (χ1n) is 5.34. The van der Waals surface area contributed by atoms with Crippen LogP contribution in [-0.4, -0.2) is 27.3 Å². The zero-order valence-electron chi connectivity index (χ0n) is 10.2. The molecule has 4 nitrogen and oxygen atoms in total. The van der Waals surface area contributed by atoms with Crippen LogP contribution in [0.4, 0.5) is 5.69 Å². The molecule has 20 heavy (non-hydrogen) atoms. The summed E-state index contributed by atoms with van der Waals surface area (Å²) in [6.07, 6.45) is 1.91. The lowest BCUT2D eigenvalue weighted by molar-refractivity contribution is -0.113. The lowest BCUT2D eigenvalue weighted by Crippen LogP contribution is -2.14. The molecule has 0 saturated heterocycles. The summed E-state index contributed by atoms with van der Waals surface area (Å²) in [6.45, 7) is 0. The number of hydrogen-bond acceptors (Lipinski definition) is 6. The topological polar surface area (TPSA) is 54.9 Å². The van der Waals surface area contributed by atoms with Crippen LogP contribution in [0.15, 0.2) is 27.7 Å². The Kier molecular flexibility index (Phi) is 5.98. The Bertz CT molecular complexity index is 621. The highest BCUT2D eigenvalue weighted by molar-refractivity contribution is 8.01. The van der Waals surface area contributed by atoms with E-state index in [1.807, 2.05) is 6.26 Å². The number of hydrogen-bond donors (Lipinski definition) is 1. The molecule has 0 bridgehead atoms. The molecule has 0 aliphatic rings. The molecule has 2 rings (SSSR count). The highest BCUT2D eigenvalue weighted by atomic mass is 35.5. The van der Waals surface area contributed by atoms with Gasteiger partial charge in [0, 0.05) is 5.02 Å². The van der Waals surface area contributed by atoms with E-state index in [-0.39, 0.29) is 11.7 Å². The Morgan fingerprint density at radius 3 is 2.95 bits per heavy atom. The smallest absolute Gasteiger partial charge is 0.234 e. The molecule has 106 valence electrons. The van der Waals surface area contributed by atoms with E-state index in [9.17, 15) is 4.79 Å². The van der Waals surface area contributed by atoms with Gasteiger partial charge >= 0.3 is 0 Å². The highest BCUT2D eigenvalue weighted by Gasteiger charge is 2.10. The predicted octanol–water partition coefficient (Wildman–Crippen LogP) is 4.30. The minimum atomic E-state index is -0.167. The van der Waals surface area contributed by atoms with Gasteiger partial charge in [0.1, 0.15) is 0 Å². The van der Waals surface area contributed by atoms with Crippen molar-refractivity contribution in [1.82, 2.24) is 9.36 Å². The largest absolute Gasteiger partial charge is 0.324 e. The van der Waals surface area contributed by atoms with Crippen molar-refractivity contribution in [3.8, 4) is 0 Å². The number of amides is 1. The van der Waals surface area contributed by atoms with Gasteiger partial charge in [-0.1, -0.05) is 46.7 Å². The summed E-state index contributed by atoms with van der Waals surface area (Å²) in [5.41, 5.74) is 0.506. The van der Waals surface area contributed by atoms with Crippen molar-refractivity contribution >= 4 is 69.9 Å². The average molecular weight is 366 g/mol. The maximum absolute atomic E-state index is 11.8. The predicted molar refractivity (Wildman–Crippen MR) is 87.5 cm³/mol. The summed E-state index contributed by atoms with van der Waals surface area (Å²) in [7, 11) is 0. The van der Waals surface area contributed by atoms with Gasteiger partial charge in [-0.05, 0) is 36.0 Å². The zero-order chi connectivity index (χ0) is 14.5. The molecular formula is C11H9Cl2N3OS3. The number of halogens is 2. The van der Waals surface area contributed by atoms with Gasteiger partial charge < -0.3 is 5.32 Å². The normalized spacial score (nSPS) is 10.6. The van der Waals surface area contributed by atoms with Crippen LogP contribution in [0.25, 0.3) is 0 Å². The maximum Gasteiger partial charge on any atom is 0.234 e. The molecule has 0 aliphatic carbocycles. The Labute approximate surface area is 138 Å². The van der Waals surface area contributed by atoms with Gasteiger partial charge in [-0.2, -0.15) is 4.37 Å². The monoisotopic (exact) mass is 365 g/mol. The van der Waals surface area contributed by atoms with Crippen LogP contribution in [0.3, 0.4) is 0 Å². The van der Waals surface area contributed by atoms with Crippen LogP contribution in [0.5, 0.6) is 0 Å². The quantitative estimate of drug-likeness (QED) is 0.800. The number of anilines is 1. The minimum Gasteiger partial charge on any atom is -0.324 e. The van der Waals surface area contributed by atoms with E-state index in [1.54, 1.807) is 18.2 Å². The SMILES string of the molecule is CSc1nsc(SCC(=O)Nc2cc(Cl)ccc2Cl)n1. The van der Waals surface area contributed by atoms with E-state index in [4.69, 9.17) is 23.2 Å². The first-order valence-corrected chi connectivity index (χ1v) is 9.08. The molecule has 0 spiro atoms. The second-order valence-electron chi connectivity index (χ2n) is 3.51. The summed E-state index contributed by atoms with van der Waals surface area (Å²) in [4.78, 5) is 16.1. The van der Waals surface area contributed by atoms with Gasteiger partial charge in [-0.25, -0.2) is 4.98 Å². The Morgan fingerprint density at radius 1 is 1.45 bits per heavy atom. The van der Waals surface area contributed by atoms with Crippen molar-refractivity contribution in [1.29, 1.82) is 0 Å². The van der Waals surface area contributed by atoms with Crippen LogP contribution < -0.4 is 5.32 Å². The van der Waals surface area contributed by atoms with Crippen molar-refractivity contribution < 1.29 is 4.79 Å². The van der Waals surface area contributed by atoms with Gasteiger partial charge in [-0.15, -0.1) is 0 Å². The van der Waals surface area contributed by atoms with Crippen LogP contribution >= 0.6 is 58.3 Å². The second-order valence-corrected chi connectivity index (χ2v) is 7.10. The highest BCUT2D eigenvalue weighted by Crippen LogP contribution is 2.27. The van der Waals surface area contributed by atoms with E-state index in [2.05, 4.69) is 14.7 Å². The molecule has 1 amide bonds. The summed E-state index contributed by atoms with van der Waals surface area (Å²) in [6, 6.07) is 4.92. The number of nitrogens with one attached hydrogen (secondary N) is 1. The molecule has 1 aromatic carbocycles. The molecule has 0 radical (unpaired) electrons. The summed E-state index contributed by atoms with van der Waals surface area (Å²) in [5.74, 6) is 0.0753. The third-order valence-electron chi connectivity index (χ3n) is 2.10. The third-order valence-corrected chi connectivity index (χ3v) is 5.16. The number of aromatic nitrogens is 2. The molecule has 9 heteroatoms. The van der Waals surface area contributed by atoms with Crippen molar-refractivity contribution in [3.05, 3.63) is 28.2 Å². The van der Waals surface area contributed by atoms with E-state index >= 15 is 0 Å². The molecule has 0 saturated carbocycles. The molecule has 0 unspecified atom stereocenters. The van der Waals surface area contributed by atoms with Gasteiger partial charge in [0.15, 0.2) is 4.34 Å². The number of thioether (sulfide) groups is 2. The summed E-state index contributed by atoms with van der Waals surface area (Å²) >= 11 is 15.9. The number of rotatable bonds is 5. The number of benzene rings is 1. The fourth-order valence-electron chi connectivity index (χ4n) is 1.25. The van der Waals surface area contributed by atoms with Crippen molar-refractivity contribution in [2.24, 2.45) is 0 Å². The van der Waals surface area contributed by atoms with Crippen LogP contribution in [0.1, 0.15) is 0 Å². The van der Waals surface area contributed by atoms with Gasteiger partial charge in [0.25, 0.3) is 0 Å². The van der Waals surface area contributed by atoms with E-state index in [0.29, 0.717) is 15.7 Å². The summed E-state index contributed by atoms with van der Waals surface area (Å²) in [5, 5.41) is 4.41. The van der Waals surface area contributed by atoms with Crippen LogP contribution in [0, 0.1) is 0 Å². The number of carbonyl (C=O) groups is 1. The first kappa shape index (κ1) is 15.9. The fourth-order valence-corrected chi connectivity index (χ4v) is 3.59. The molecular weight excluding hydrogens is 357 g/mol. The van der Waals surface area contributed by atoms with Gasteiger partial charge in [0.2, 0.25) is 11.1 Å². The molecule has 1 aromatic heterocycles. The van der Waals surface area contributed by atoms with Gasteiger partial charge in [-0.3, -0.25) is 4.79 Å². The lowest BCUT2D eigenvalue weighted by atomic mass is 10.3. The van der Waals surface area contributed by atoms with Crippen molar-refractivity contribution in [2.45, 2.75) is 9.50 Å². The molecule has 1 N–H and O–H groups in total. The number of nitrogens with zero attached hydrogens (tertiary/aromatic N) is 2. The molecule has 0 atom stereocenters. The van der Waals surface area contributed by atoms with Crippen LogP contribution in [-0.2, 0) is 4.79 Å². The average Bonchev–Trinajstić information content (AvgIpc) is 2.89. The number of carbonyl (C=O) groups excluding carboxylic acids is 1. The third kappa shape index (κ3) is 4.53. The first-order chi connectivity index (χ1) is 9.58. The van der Waals surface area contributed by atoms with E-state index in [0.717, 1.165) is 9.50 Å². The Balaban J connectivity index is 1.90. The van der Waals surface area contributed by atoms with Crippen LogP contribution in [0.2, 0.25) is 10.0 Å².